The first-order valence-electron chi connectivity index (χ1n) is 7.03. The van der Waals surface area contributed by atoms with Gasteiger partial charge < -0.3 is 9.47 Å². The molecule has 0 spiro atoms. The Labute approximate surface area is 133 Å². The maximum Gasteiger partial charge on any atom is 0.258 e. The standard InChI is InChI=1S/C18H15NO4/c1-22-15-8-7-11(10-16(15)23-2)9-14-12-5-3-4-6-13(12)17(20)19-18(14)21/h3-10H,1-2H3,(H,19,20,21). The minimum atomic E-state index is -0.413. The first-order chi connectivity index (χ1) is 11.1. The lowest BCUT2D eigenvalue weighted by atomic mass is 9.93. The number of imide groups is 1. The third kappa shape index (κ3) is 2.68. The summed E-state index contributed by atoms with van der Waals surface area (Å²) in [6, 6.07) is 12.4. The van der Waals surface area contributed by atoms with Gasteiger partial charge in [-0.15, -0.1) is 0 Å². The Morgan fingerprint density at radius 2 is 1.57 bits per heavy atom. The molecule has 0 atom stereocenters. The van der Waals surface area contributed by atoms with Crippen molar-refractivity contribution in [3.63, 3.8) is 0 Å². The van der Waals surface area contributed by atoms with Crippen molar-refractivity contribution in [3.8, 4) is 11.5 Å². The Balaban J connectivity index is 2.10. The highest BCUT2D eigenvalue weighted by molar-refractivity contribution is 6.33. The highest BCUT2D eigenvalue weighted by atomic mass is 16.5. The Morgan fingerprint density at radius 3 is 2.26 bits per heavy atom. The fourth-order valence-corrected chi connectivity index (χ4v) is 2.53. The summed E-state index contributed by atoms with van der Waals surface area (Å²) in [6.07, 6.45) is 1.72. The van der Waals surface area contributed by atoms with Crippen LogP contribution in [-0.2, 0) is 4.79 Å². The molecule has 0 saturated heterocycles. The maximum atomic E-state index is 12.2. The molecule has 2 amide bonds. The summed E-state index contributed by atoms with van der Waals surface area (Å²) in [7, 11) is 3.11. The van der Waals surface area contributed by atoms with Gasteiger partial charge in [-0.1, -0.05) is 24.3 Å². The largest absolute Gasteiger partial charge is 0.493 e. The third-order valence-corrected chi connectivity index (χ3v) is 3.65. The molecule has 1 aliphatic rings. The summed E-state index contributed by atoms with van der Waals surface area (Å²) < 4.78 is 10.5. The van der Waals surface area contributed by atoms with Crippen LogP contribution in [0.4, 0.5) is 0 Å². The van der Waals surface area contributed by atoms with Gasteiger partial charge in [0.25, 0.3) is 11.8 Å². The lowest BCUT2D eigenvalue weighted by Gasteiger charge is -2.18. The van der Waals surface area contributed by atoms with Crippen LogP contribution in [-0.4, -0.2) is 26.0 Å². The van der Waals surface area contributed by atoms with E-state index in [1.165, 1.54) is 0 Å². The van der Waals surface area contributed by atoms with Crippen LogP contribution < -0.4 is 14.8 Å². The van der Waals surface area contributed by atoms with E-state index in [2.05, 4.69) is 5.32 Å². The highest BCUT2D eigenvalue weighted by Gasteiger charge is 2.26. The van der Waals surface area contributed by atoms with Crippen molar-refractivity contribution in [3.05, 3.63) is 59.2 Å². The Morgan fingerprint density at radius 1 is 0.870 bits per heavy atom. The number of fused-ring (bicyclic) bond motifs is 1. The Kier molecular flexibility index (Phi) is 3.85. The van der Waals surface area contributed by atoms with Gasteiger partial charge in [0.15, 0.2) is 11.5 Å². The van der Waals surface area contributed by atoms with Gasteiger partial charge in [0.2, 0.25) is 0 Å². The van der Waals surface area contributed by atoms with Crippen LogP contribution >= 0.6 is 0 Å². The lowest BCUT2D eigenvalue weighted by Crippen LogP contribution is -2.36. The Hall–Kier alpha value is -3.08. The van der Waals surface area contributed by atoms with E-state index in [0.29, 0.717) is 28.2 Å². The molecule has 0 unspecified atom stereocenters. The second-order valence-corrected chi connectivity index (χ2v) is 5.00. The quantitative estimate of drug-likeness (QED) is 0.699. The number of carbonyl (C=O) groups excluding carboxylic acids is 2. The van der Waals surface area contributed by atoms with Crippen molar-refractivity contribution in [2.75, 3.05) is 14.2 Å². The van der Waals surface area contributed by atoms with Gasteiger partial charge in [0, 0.05) is 11.1 Å². The zero-order valence-electron chi connectivity index (χ0n) is 12.8. The second-order valence-electron chi connectivity index (χ2n) is 5.00. The summed E-state index contributed by atoms with van der Waals surface area (Å²) in [5, 5.41) is 2.35. The molecule has 3 rings (SSSR count). The van der Waals surface area contributed by atoms with Crippen LogP contribution in [0.2, 0.25) is 0 Å². The molecule has 2 aromatic carbocycles. The van der Waals surface area contributed by atoms with E-state index >= 15 is 0 Å². The molecular weight excluding hydrogens is 294 g/mol. The lowest BCUT2D eigenvalue weighted by molar-refractivity contribution is -0.114. The molecule has 5 nitrogen and oxygen atoms in total. The van der Waals surface area contributed by atoms with Gasteiger partial charge in [0.1, 0.15) is 0 Å². The van der Waals surface area contributed by atoms with Gasteiger partial charge in [0.05, 0.1) is 14.2 Å². The number of methoxy groups -OCH3 is 2. The predicted molar refractivity (Wildman–Crippen MR) is 86.3 cm³/mol. The van der Waals surface area contributed by atoms with E-state index < -0.39 is 5.91 Å². The van der Waals surface area contributed by atoms with Crippen LogP contribution in [0.25, 0.3) is 11.6 Å². The molecule has 23 heavy (non-hydrogen) atoms. The summed E-state index contributed by atoms with van der Waals surface area (Å²) in [5.41, 5.74) is 2.32. The first kappa shape index (κ1) is 14.8. The van der Waals surface area contributed by atoms with Gasteiger partial charge >= 0.3 is 0 Å². The molecule has 0 aromatic heterocycles. The molecule has 0 aliphatic carbocycles. The van der Waals surface area contributed by atoms with E-state index in [0.717, 1.165) is 5.56 Å². The molecule has 0 fully saturated rings. The topological polar surface area (TPSA) is 64.6 Å². The average Bonchev–Trinajstić information content (AvgIpc) is 2.58. The monoisotopic (exact) mass is 309 g/mol. The van der Waals surface area contributed by atoms with Crippen LogP contribution in [0, 0.1) is 0 Å². The van der Waals surface area contributed by atoms with Gasteiger partial charge in [-0.25, -0.2) is 0 Å². The summed E-state index contributed by atoms with van der Waals surface area (Å²) in [6.45, 7) is 0. The minimum absolute atomic E-state index is 0.380. The Bertz CT molecular complexity index is 824. The highest BCUT2D eigenvalue weighted by Crippen LogP contribution is 2.31. The number of ether oxygens (including phenoxy) is 2. The number of benzene rings is 2. The van der Waals surface area contributed by atoms with Crippen molar-refractivity contribution in [1.29, 1.82) is 0 Å². The average molecular weight is 309 g/mol. The fraction of sp³-hybridized carbons (Fsp3) is 0.111. The molecule has 0 bridgehead atoms. The number of hydrogen-bond donors (Lipinski definition) is 1. The molecule has 1 aliphatic heterocycles. The van der Waals surface area contributed by atoms with Gasteiger partial charge in [-0.3, -0.25) is 14.9 Å². The van der Waals surface area contributed by atoms with Crippen LogP contribution in [0.1, 0.15) is 21.5 Å². The molecular formula is C18H15NO4. The zero-order chi connectivity index (χ0) is 16.4. The fourth-order valence-electron chi connectivity index (χ4n) is 2.53. The molecule has 116 valence electrons. The predicted octanol–water partition coefficient (Wildman–Crippen LogP) is 2.51. The SMILES string of the molecule is COc1ccc(C=C2C(=O)NC(=O)c3ccccc32)cc1OC. The number of rotatable bonds is 3. The zero-order valence-corrected chi connectivity index (χ0v) is 12.8. The second kappa shape index (κ2) is 5.96. The van der Waals surface area contributed by atoms with Gasteiger partial charge in [-0.2, -0.15) is 0 Å². The summed E-state index contributed by atoms with van der Waals surface area (Å²) >= 11 is 0. The van der Waals surface area contributed by atoms with Crippen molar-refractivity contribution >= 4 is 23.5 Å². The van der Waals surface area contributed by atoms with Crippen molar-refractivity contribution in [2.45, 2.75) is 0 Å². The van der Waals surface area contributed by atoms with E-state index in [4.69, 9.17) is 9.47 Å². The van der Waals surface area contributed by atoms with Crippen LogP contribution in [0.3, 0.4) is 0 Å². The van der Waals surface area contributed by atoms with Crippen molar-refractivity contribution in [2.24, 2.45) is 0 Å². The van der Waals surface area contributed by atoms with Crippen LogP contribution in [0.5, 0.6) is 11.5 Å². The number of amides is 2. The smallest absolute Gasteiger partial charge is 0.258 e. The van der Waals surface area contributed by atoms with Gasteiger partial charge in [-0.05, 0) is 35.4 Å². The maximum absolute atomic E-state index is 12.2. The molecule has 0 saturated carbocycles. The van der Waals surface area contributed by atoms with Crippen molar-refractivity contribution in [1.82, 2.24) is 5.32 Å². The molecule has 1 N–H and O–H groups in total. The molecule has 0 radical (unpaired) electrons. The normalized spacial score (nSPS) is 15.1. The number of hydrogen-bond acceptors (Lipinski definition) is 4. The van der Waals surface area contributed by atoms with Crippen LogP contribution in [0.15, 0.2) is 42.5 Å². The summed E-state index contributed by atoms with van der Waals surface area (Å²) in [5.74, 6) is 0.388. The van der Waals surface area contributed by atoms with Crippen molar-refractivity contribution < 1.29 is 19.1 Å². The van der Waals surface area contributed by atoms with E-state index in [1.54, 1.807) is 56.7 Å². The number of carbonyl (C=O) groups is 2. The molecule has 1 heterocycles. The first-order valence-corrected chi connectivity index (χ1v) is 7.03. The van der Waals surface area contributed by atoms with E-state index in [9.17, 15) is 9.59 Å². The third-order valence-electron chi connectivity index (χ3n) is 3.65. The summed E-state index contributed by atoms with van der Waals surface area (Å²) in [4.78, 5) is 24.1. The minimum Gasteiger partial charge on any atom is -0.493 e. The number of nitrogens with one attached hydrogen (secondary N) is 1. The molecule has 2 aromatic rings. The molecule has 5 heteroatoms. The van der Waals surface area contributed by atoms with E-state index in [-0.39, 0.29) is 5.91 Å². The van der Waals surface area contributed by atoms with E-state index in [1.807, 2.05) is 6.07 Å².